The van der Waals surface area contributed by atoms with Gasteiger partial charge in [-0.3, -0.25) is 4.79 Å². The first-order chi connectivity index (χ1) is 9.49. The Morgan fingerprint density at radius 1 is 1.30 bits per heavy atom. The summed E-state index contributed by atoms with van der Waals surface area (Å²) >= 11 is 1.24. The second kappa shape index (κ2) is 5.75. The molecular formula is C14H14N2O3S. The number of ether oxygens (including phenoxy) is 1. The van der Waals surface area contributed by atoms with Crippen molar-refractivity contribution in [2.24, 2.45) is 5.73 Å². The van der Waals surface area contributed by atoms with Crippen LogP contribution >= 0.6 is 11.3 Å². The van der Waals surface area contributed by atoms with E-state index in [4.69, 9.17) is 16.2 Å². The minimum atomic E-state index is -0.483. The molecule has 2 rings (SSSR count). The van der Waals surface area contributed by atoms with Gasteiger partial charge in [-0.2, -0.15) is 0 Å². The molecule has 1 aromatic heterocycles. The van der Waals surface area contributed by atoms with Gasteiger partial charge >= 0.3 is 5.97 Å². The number of hydrogen-bond acceptors (Lipinski definition) is 5. The number of benzene rings is 1. The largest absolute Gasteiger partial charge is 0.457 e. The van der Waals surface area contributed by atoms with Crippen LogP contribution in [-0.4, -0.2) is 11.9 Å². The molecule has 0 unspecified atom stereocenters. The summed E-state index contributed by atoms with van der Waals surface area (Å²) < 4.78 is 5.21. The molecule has 0 bridgehead atoms. The molecule has 1 amide bonds. The Morgan fingerprint density at radius 2 is 2.05 bits per heavy atom. The summed E-state index contributed by atoms with van der Waals surface area (Å²) in [6.45, 7) is 1.95. The van der Waals surface area contributed by atoms with Crippen LogP contribution in [0.15, 0.2) is 29.6 Å². The van der Waals surface area contributed by atoms with Crippen molar-refractivity contribution in [1.29, 1.82) is 0 Å². The van der Waals surface area contributed by atoms with Crippen molar-refractivity contribution in [1.82, 2.24) is 0 Å². The Labute approximate surface area is 120 Å². The van der Waals surface area contributed by atoms with E-state index in [0.29, 0.717) is 16.1 Å². The van der Waals surface area contributed by atoms with Crippen molar-refractivity contribution < 1.29 is 14.3 Å². The lowest BCUT2D eigenvalue weighted by molar-refractivity contribution is 0.0479. The quantitative estimate of drug-likeness (QED) is 0.843. The van der Waals surface area contributed by atoms with E-state index in [1.54, 1.807) is 29.6 Å². The maximum absolute atomic E-state index is 11.8. The molecule has 2 aromatic rings. The van der Waals surface area contributed by atoms with Crippen LogP contribution in [0.25, 0.3) is 0 Å². The van der Waals surface area contributed by atoms with E-state index < -0.39 is 11.9 Å². The van der Waals surface area contributed by atoms with E-state index in [1.807, 2.05) is 6.92 Å². The van der Waals surface area contributed by atoms with Crippen LogP contribution in [-0.2, 0) is 11.3 Å². The van der Waals surface area contributed by atoms with E-state index >= 15 is 0 Å². The van der Waals surface area contributed by atoms with Crippen molar-refractivity contribution in [2.45, 2.75) is 13.5 Å². The zero-order chi connectivity index (χ0) is 14.7. The Kier molecular flexibility index (Phi) is 4.05. The number of aryl methyl sites for hydroxylation is 1. The van der Waals surface area contributed by atoms with Crippen LogP contribution in [0.1, 0.15) is 31.2 Å². The van der Waals surface area contributed by atoms with Crippen molar-refractivity contribution in [2.75, 3.05) is 5.73 Å². The average Bonchev–Trinajstić information content (AvgIpc) is 2.83. The van der Waals surface area contributed by atoms with Gasteiger partial charge in [-0.05, 0) is 41.6 Å². The number of nitrogens with two attached hydrogens (primary N) is 2. The third kappa shape index (κ3) is 2.97. The van der Waals surface area contributed by atoms with Gasteiger partial charge in [0.15, 0.2) is 0 Å². The minimum absolute atomic E-state index is 0.126. The van der Waals surface area contributed by atoms with Crippen LogP contribution in [0.5, 0.6) is 0 Å². The molecule has 0 aliphatic carbocycles. The number of primary amides is 1. The zero-order valence-electron chi connectivity index (χ0n) is 10.9. The molecule has 0 aliphatic rings. The van der Waals surface area contributed by atoms with Gasteiger partial charge in [-0.1, -0.05) is 6.07 Å². The molecule has 6 heteroatoms. The van der Waals surface area contributed by atoms with E-state index in [9.17, 15) is 9.59 Å². The fourth-order valence-electron chi connectivity index (χ4n) is 1.70. The lowest BCUT2D eigenvalue weighted by atomic mass is 10.1. The number of nitrogen functional groups attached to an aromatic ring is 1. The maximum Gasteiger partial charge on any atom is 0.350 e. The van der Waals surface area contributed by atoms with Gasteiger partial charge in [0.25, 0.3) is 0 Å². The summed E-state index contributed by atoms with van der Waals surface area (Å²) in [6.07, 6.45) is 0. The first-order valence-electron chi connectivity index (χ1n) is 5.88. The van der Waals surface area contributed by atoms with Gasteiger partial charge in [-0.15, -0.1) is 11.3 Å². The average molecular weight is 290 g/mol. The maximum atomic E-state index is 11.8. The number of rotatable bonds is 4. The van der Waals surface area contributed by atoms with E-state index in [0.717, 1.165) is 11.1 Å². The number of hydrogen-bond donors (Lipinski definition) is 2. The van der Waals surface area contributed by atoms with Crippen LogP contribution < -0.4 is 11.5 Å². The van der Waals surface area contributed by atoms with Crippen LogP contribution in [0.2, 0.25) is 0 Å². The van der Waals surface area contributed by atoms with Crippen LogP contribution in [0.4, 0.5) is 5.69 Å². The predicted octanol–water partition coefficient (Wildman–Crippen LogP) is 2.09. The number of thiophene rings is 1. The van der Waals surface area contributed by atoms with Gasteiger partial charge in [-0.25, -0.2) is 4.79 Å². The molecule has 1 heterocycles. The molecule has 5 nitrogen and oxygen atoms in total. The summed E-state index contributed by atoms with van der Waals surface area (Å²) in [4.78, 5) is 23.3. The molecule has 0 saturated heterocycles. The molecule has 104 valence electrons. The highest BCUT2D eigenvalue weighted by Gasteiger charge is 2.13. The van der Waals surface area contributed by atoms with Gasteiger partial charge in [0.05, 0.1) is 5.69 Å². The SMILES string of the molecule is Cc1cc(C(N)=O)ccc1COC(=O)c1sccc1N. The minimum Gasteiger partial charge on any atom is -0.457 e. The second-order valence-electron chi connectivity index (χ2n) is 4.29. The topological polar surface area (TPSA) is 95.4 Å². The van der Waals surface area contributed by atoms with Gasteiger partial charge < -0.3 is 16.2 Å². The number of carbonyl (C=O) groups excluding carboxylic acids is 2. The fourth-order valence-corrected chi connectivity index (χ4v) is 2.42. The molecule has 0 spiro atoms. The van der Waals surface area contributed by atoms with Crippen molar-refractivity contribution >= 4 is 28.9 Å². The number of anilines is 1. The van der Waals surface area contributed by atoms with Crippen molar-refractivity contribution in [3.8, 4) is 0 Å². The predicted molar refractivity (Wildman–Crippen MR) is 77.5 cm³/mol. The highest BCUT2D eigenvalue weighted by atomic mass is 32.1. The molecular weight excluding hydrogens is 276 g/mol. The lowest BCUT2D eigenvalue weighted by Crippen LogP contribution is -2.12. The fraction of sp³-hybridized carbons (Fsp3) is 0.143. The Bertz CT molecular complexity index is 664. The third-order valence-corrected chi connectivity index (χ3v) is 3.78. The van der Waals surface area contributed by atoms with Gasteiger partial charge in [0, 0.05) is 5.56 Å². The van der Waals surface area contributed by atoms with Crippen LogP contribution in [0, 0.1) is 6.92 Å². The van der Waals surface area contributed by atoms with E-state index in [2.05, 4.69) is 0 Å². The Hall–Kier alpha value is -2.34. The molecule has 0 saturated carbocycles. The van der Waals surface area contributed by atoms with E-state index in [-0.39, 0.29) is 6.61 Å². The monoisotopic (exact) mass is 290 g/mol. The molecule has 4 N–H and O–H groups in total. The molecule has 0 fully saturated rings. The normalized spacial score (nSPS) is 10.2. The van der Waals surface area contributed by atoms with E-state index in [1.165, 1.54) is 11.3 Å². The van der Waals surface area contributed by atoms with Gasteiger partial charge in [0.1, 0.15) is 11.5 Å². The molecule has 0 atom stereocenters. The standard InChI is InChI=1S/C14H14N2O3S/c1-8-6-9(13(16)17)2-3-10(8)7-19-14(18)12-11(15)4-5-20-12/h2-6H,7,15H2,1H3,(H2,16,17). The van der Waals surface area contributed by atoms with Crippen molar-refractivity contribution in [3.05, 3.63) is 51.2 Å². The molecule has 0 aliphatic heterocycles. The van der Waals surface area contributed by atoms with Crippen molar-refractivity contribution in [3.63, 3.8) is 0 Å². The Morgan fingerprint density at radius 3 is 2.60 bits per heavy atom. The summed E-state index contributed by atoms with van der Waals surface area (Å²) in [7, 11) is 0. The lowest BCUT2D eigenvalue weighted by Gasteiger charge is -2.08. The highest BCUT2D eigenvalue weighted by Crippen LogP contribution is 2.21. The second-order valence-corrected chi connectivity index (χ2v) is 5.20. The van der Waals surface area contributed by atoms with Crippen LogP contribution in [0.3, 0.4) is 0 Å². The third-order valence-electron chi connectivity index (χ3n) is 2.87. The van der Waals surface area contributed by atoms with Gasteiger partial charge in [0.2, 0.25) is 5.91 Å². The highest BCUT2D eigenvalue weighted by molar-refractivity contribution is 7.12. The molecule has 1 aromatic carbocycles. The first kappa shape index (κ1) is 14.1. The summed E-state index contributed by atoms with van der Waals surface area (Å²) in [5, 5.41) is 1.73. The number of amides is 1. The summed E-state index contributed by atoms with van der Waals surface area (Å²) in [6, 6.07) is 6.66. The molecule has 20 heavy (non-hydrogen) atoms. The smallest absolute Gasteiger partial charge is 0.350 e. The summed E-state index contributed by atoms with van der Waals surface area (Å²) in [5.41, 5.74) is 13.4. The zero-order valence-corrected chi connectivity index (χ0v) is 11.7. The Balaban J connectivity index is 2.06. The number of esters is 1. The molecule has 0 radical (unpaired) electrons. The first-order valence-corrected chi connectivity index (χ1v) is 6.76. The number of carbonyl (C=O) groups is 2. The summed E-state index contributed by atoms with van der Waals surface area (Å²) in [5.74, 6) is -0.932.